The Bertz CT molecular complexity index is 933. The van der Waals surface area contributed by atoms with Crippen molar-refractivity contribution in [1.82, 2.24) is 10.0 Å². The molecule has 1 amide bonds. The molecule has 0 fully saturated rings. The Hall–Kier alpha value is -2.95. The van der Waals surface area contributed by atoms with E-state index in [1.165, 1.54) is 12.4 Å². The highest BCUT2D eigenvalue weighted by Gasteiger charge is 2.17. The predicted molar refractivity (Wildman–Crippen MR) is 106 cm³/mol. The van der Waals surface area contributed by atoms with E-state index in [1.54, 1.807) is 18.2 Å². The molecule has 3 rings (SSSR count). The number of hydrogen-bond donors (Lipinski definition) is 1. The first-order valence-electron chi connectivity index (χ1n) is 9.16. The van der Waals surface area contributed by atoms with Crippen LogP contribution < -0.4 is 5.32 Å². The summed E-state index contributed by atoms with van der Waals surface area (Å²) in [5.41, 5.74) is 3.62. The maximum absolute atomic E-state index is 13.2. The van der Waals surface area contributed by atoms with Crippen LogP contribution in [0, 0.1) is 5.92 Å². The highest BCUT2D eigenvalue weighted by Crippen LogP contribution is 2.30. The van der Waals surface area contributed by atoms with Gasteiger partial charge in [0.15, 0.2) is 0 Å². The molecule has 0 saturated carbocycles. The number of aromatic nitrogens is 2. The molecule has 0 aliphatic rings. The van der Waals surface area contributed by atoms with Crippen LogP contribution in [0.5, 0.6) is 0 Å². The molecule has 1 unspecified atom stereocenters. The van der Waals surface area contributed by atoms with E-state index in [0.29, 0.717) is 28.5 Å². The molecule has 1 aromatic heterocycles. The van der Waals surface area contributed by atoms with Crippen molar-refractivity contribution in [2.24, 2.45) is 5.92 Å². The maximum Gasteiger partial charge on any atom is 0.256 e. The van der Waals surface area contributed by atoms with Crippen molar-refractivity contribution < 1.29 is 9.28 Å². The van der Waals surface area contributed by atoms with Gasteiger partial charge in [-0.15, -0.1) is 4.90 Å². The minimum Gasteiger partial charge on any atom is -0.322 e. The van der Waals surface area contributed by atoms with Gasteiger partial charge >= 0.3 is 0 Å². The third-order valence-corrected chi connectivity index (χ3v) is 4.60. The van der Waals surface area contributed by atoms with Crippen molar-refractivity contribution in [2.45, 2.75) is 33.1 Å². The minimum absolute atomic E-state index is 0.221. The topological polar surface area (TPSA) is 46.9 Å². The summed E-state index contributed by atoms with van der Waals surface area (Å²) in [4.78, 5) is 13.2. The second-order valence-electron chi connectivity index (χ2n) is 7.24. The molecular weight excluding hydrogens is 341 g/mol. The number of nitrogens with zero attached hydrogens (tertiary/aromatic N) is 2. The van der Waals surface area contributed by atoms with Crippen molar-refractivity contribution in [2.75, 3.05) is 5.32 Å². The molecule has 1 atom stereocenters. The van der Waals surface area contributed by atoms with Crippen LogP contribution in [0.15, 0.2) is 60.9 Å². The van der Waals surface area contributed by atoms with Gasteiger partial charge in [-0.1, -0.05) is 61.7 Å². The molecule has 3 aromatic rings. The van der Waals surface area contributed by atoms with Crippen LogP contribution in [-0.4, -0.2) is 15.9 Å². The van der Waals surface area contributed by atoms with Crippen molar-refractivity contribution >= 4 is 11.6 Å². The smallest absolute Gasteiger partial charge is 0.256 e. The first kappa shape index (κ1) is 18.8. The third-order valence-electron chi connectivity index (χ3n) is 4.60. The van der Waals surface area contributed by atoms with Crippen molar-refractivity contribution in [3.05, 3.63) is 72.1 Å². The van der Waals surface area contributed by atoms with Crippen LogP contribution in [0.1, 0.15) is 49.0 Å². The second-order valence-corrected chi connectivity index (χ2v) is 7.24. The lowest BCUT2D eigenvalue weighted by molar-refractivity contribution is 0.102. The molecule has 5 heteroatoms. The van der Waals surface area contributed by atoms with Crippen LogP contribution in [0.3, 0.4) is 0 Å². The molecule has 0 radical (unpaired) electrons. The summed E-state index contributed by atoms with van der Waals surface area (Å²) in [5.74, 6) is 0.685. The summed E-state index contributed by atoms with van der Waals surface area (Å²) in [5, 5.41) is 6.60. The summed E-state index contributed by atoms with van der Waals surface area (Å²) >= 11 is 0. The van der Waals surface area contributed by atoms with Gasteiger partial charge in [0.1, 0.15) is 0 Å². The molecule has 0 aliphatic heterocycles. The van der Waals surface area contributed by atoms with Crippen molar-refractivity contribution in [3.8, 4) is 11.1 Å². The third kappa shape index (κ3) is 4.42. The minimum atomic E-state index is -0.221. The molecule has 0 saturated heterocycles. The zero-order valence-electron chi connectivity index (χ0n) is 15.8. The Morgan fingerprint density at radius 2 is 1.81 bits per heavy atom. The molecule has 4 nitrogen and oxygen atoms in total. The number of nitrogens with one attached hydrogen (secondary N) is 1. The highest BCUT2D eigenvalue weighted by molar-refractivity contribution is 6.09. The lowest BCUT2D eigenvalue weighted by Crippen LogP contribution is -2.15. The van der Waals surface area contributed by atoms with Gasteiger partial charge < -0.3 is 5.32 Å². The van der Waals surface area contributed by atoms with Gasteiger partial charge in [-0.25, -0.2) is 0 Å². The van der Waals surface area contributed by atoms with Crippen LogP contribution in [0.4, 0.5) is 10.2 Å². The van der Waals surface area contributed by atoms with Crippen LogP contribution in [-0.2, 0) is 0 Å². The molecule has 1 N–H and O–H groups in total. The summed E-state index contributed by atoms with van der Waals surface area (Å²) in [6.07, 6.45) is 3.70. The predicted octanol–water partition coefficient (Wildman–Crippen LogP) is 5.68. The molecule has 0 spiro atoms. The normalized spacial score (nSPS) is 12.2. The van der Waals surface area contributed by atoms with E-state index in [2.05, 4.69) is 37.3 Å². The second kappa shape index (κ2) is 8.16. The number of carbonyl (C=O) groups is 1. The highest BCUT2D eigenvalue weighted by atomic mass is 19.2. The quantitative estimate of drug-likeness (QED) is 0.610. The van der Waals surface area contributed by atoms with Gasteiger partial charge in [0.25, 0.3) is 5.91 Å². The van der Waals surface area contributed by atoms with Gasteiger partial charge in [-0.2, -0.15) is 5.10 Å². The zero-order chi connectivity index (χ0) is 19.4. The fraction of sp³-hybridized carbons (Fsp3) is 0.273. The average molecular weight is 365 g/mol. The van der Waals surface area contributed by atoms with Gasteiger partial charge in [-0.3, -0.25) is 4.79 Å². The Kier molecular flexibility index (Phi) is 5.69. The zero-order valence-corrected chi connectivity index (χ0v) is 15.8. The van der Waals surface area contributed by atoms with Crippen LogP contribution >= 0.6 is 0 Å². The number of hydrogen-bond acceptors (Lipinski definition) is 2. The number of halogens is 1. The van der Waals surface area contributed by atoms with E-state index in [-0.39, 0.29) is 10.8 Å². The summed E-state index contributed by atoms with van der Waals surface area (Å²) in [7, 11) is 0. The number of anilines is 1. The summed E-state index contributed by atoms with van der Waals surface area (Å²) in [6, 6.07) is 15.0. The average Bonchev–Trinajstić information content (AvgIpc) is 3.08. The van der Waals surface area contributed by atoms with Gasteiger partial charge in [0, 0.05) is 16.8 Å². The van der Waals surface area contributed by atoms with Gasteiger partial charge in [0.05, 0.1) is 12.4 Å². The first-order chi connectivity index (χ1) is 13.0. The Labute approximate surface area is 159 Å². The van der Waals surface area contributed by atoms with Crippen LogP contribution in [0.2, 0.25) is 0 Å². The van der Waals surface area contributed by atoms with Crippen LogP contribution in [0.25, 0.3) is 11.1 Å². The number of para-hydroxylation sites is 1. The number of amides is 1. The molecule has 1 heterocycles. The van der Waals surface area contributed by atoms with Gasteiger partial charge in [0.2, 0.25) is 0 Å². The van der Waals surface area contributed by atoms with Crippen molar-refractivity contribution in [1.29, 1.82) is 0 Å². The molecule has 0 aliphatic carbocycles. The molecule has 27 heavy (non-hydrogen) atoms. The van der Waals surface area contributed by atoms with Crippen molar-refractivity contribution in [3.63, 3.8) is 0 Å². The molecule has 0 bridgehead atoms. The van der Waals surface area contributed by atoms with E-state index in [4.69, 9.17) is 0 Å². The summed E-state index contributed by atoms with van der Waals surface area (Å²) in [6.45, 7) is 6.56. The number of rotatable bonds is 6. The monoisotopic (exact) mass is 365 g/mol. The standard InChI is InChI=1S/C22H24FN3O/c1-15(2)12-16(3)18-8-6-7-11-21(18)25-22(27)20-10-5-4-9-19(20)17-13-24-26(23)14-17/h4-11,13-16H,12H2,1-3H3,(H,25,27). The lowest BCUT2D eigenvalue weighted by atomic mass is 9.91. The molecule has 2 aromatic carbocycles. The van der Waals surface area contributed by atoms with E-state index in [1.807, 2.05) is 24.3 Å². The molecule has 140 valence electrons. The largest absolute Gasteiger partial charge is 0.322 e. The Morgan fingerprint density at radius 3 is 2.52 bits per heavy atom. The van der Waals surface area contributed by atoms with E-state index < -0.39 is 0 Å². The summed E-state index contributed by atoms with van der Waals surface area (Å²) < 4.78 is 13.2. The Morgan fingerprint density at radius 1 is 1.11 bits per heavy atom. The maximum atomic E-state index is 13.2. The number of carbonyl (C=O) groups excluding carboxylic acids is 1. The Balaban J connectivity index is 1.89. The number of benzene rings is 2. The SMILES string of the molecule is CC(C)CC(C)c1ccccc1NC(=O)c1ccccc1-c1cnn(F)c1. The fourth-order valence-corrected chi connectivity index (χ4v) is 3.44. The van der Waals surface area contributed by atoms with E-state index >= 15 is 0 Å². The van der Waals surface area contributed by atoms with Gasteiger partial charge in [-0.05, 0) is 41.5 Å². The van der Waals surface area contributed by atoms with E-state index in [0.717, 1.165) is 17.7 Å². The molecular formula is C22H24FN3O. The van der Waals surface area contributed by atoms with E-state index in [9.17, 15) is 9.28 Å². The lowest BCUT2D eigenvalue weighted by Gasteiger charge is -2.19. The first-order valence-corrected chi connectivity index (χ1v) is 9.16. The fourth-order valence-electron chi connectivity index (χ4n) is 3.44.